The summed E-state index contributed by atoms with van der Waals surface area (Å²) in [6, 6.07) is 22.8. The van der Waals surface area contributed by atoms with Crippen molar-refractivity contribution in [2.24, 2.45) is 0 Å². The van der Waals surface area contributed by atoms with Gasteiger partial charge in [-0.3, -0.25) is 4.79 Å². The number of amides is 1. The molecular weight excluding hydrogens is 378 g/mol. The number of hydrogen-bond donors (Lipinski definition) is 0. The van der Waals surface area contributed by atoms with Gasteiger partial charge in [-0.2, -0.15) is 0 Å². The molecule has 0 atom stereocenters. The zero-order chi connectivity index (χ0) is 20.8. The molecule has 0 aliphatic carbocycles. The van der Waals surface area contributed by atoms with Crippen LogP contribution in [0.2, 0.25) is 0 Å². The predicted molar refractivity (Wildman–Crippen MR) is 117 cm³/mol. The van der Waals surface area contributed by atoms with E-state index in [1.54, 1.807) is 23.1 Å². The van der Waals surface area contributed by atoms with Crippen LogP contribution in [0.3, 0.4) is 0 Å². The standard InChI is InChI=1S/C25H23NO4/c1-2-28-22-13-7-6-12-21(22)26(16-8-11-19-9-4-3-5-10-19)25(27)20-14-15-23-24(17-20)30-18-29-23/h3-15,17H,2,16,18H2,1H3/b11-8+. The molecule has 4 rings (SSSR count). The van der Waals surface area contributed by atoms with Crippen LogP contribution in [-0.4, -0.2) is 25.9 Å². The number of para-hydroxylation sites is 2. The number of nitrogens with zero attached hydrogens (tertiary/aromatic N) is 1. The highest BCUT2D eigenvalue weighted by atomic mass is 16.7. The van der Waals surface area contributed by atoms with Crippen molar-refractivity contribution in [3.63, 3.8) is 0 Å². The quantitative estimate of drug-likeness (QED) is 0.548. The van der Waals surface area contributed by atoms with E-state index in [1.165, 1.54) is 0 Å². The summed E-state index contributed by atoms with van der Waals surface area (Å²) < 4.78 is 16.6. The number of carbonyl (C=O) groups excluding carboxylic acids is 1. The van der Waals surface area contributed by atoms with E-state index in [-0.39, 0.29) is 12.7 Å². The van der Waals surface area contributed by atoms with E-state index < -0.39 is 0 Å². The zero-order valence-corrected chi connectivity index (χ0v) is 16.8. The van der Waals surface area contributed by atoms with Gasteiger partial charge in [-0.15, -0.1) is 0 Å². The number of ether oxygens (including phenoxy) is 3. The van der Waals surface area contributed by atoms with Gasteiger partial charge >= 0.3 is 0 Å². The van der Waals surface area contributed by atoms with Crippen molar-refractivity contribution < 1.29 is 19.0 Å². The number of fused-ring (bicyclic) bond motifs is 1. The molecule has 0 bridgehead atoms. The zero-order valence-electron chi connectivity index (χ0n) is 16.8. The molecule has 30 heavy (non-hydrogen) atoms. The summed E-state index contributed by atoms with van der Waals surface area (Å²) in [6.07, 6.45) is 3.98. The Labute approximate surface area is 176 Å². The molecule has 0 radical (unpaired) electrons. The number of anilines is 1. The minimum Gasteiger partial charge on any atom is -0.492 e. The Morgan fingerprint density at radius 1 is 1.00 bits per heavy atom. The molecule has 0 N–H and O–H groups in total. The van der Waals surface area contributed by atoms with E-state index >= 15 is 0 Å². The van der Waals surface area contributed by atoms with Gasteiger partial charge in [0.1, 0.15) is 5.75 Å². The third-order valence-corrected chi connectivity index (χ3v) is 4.72. The van der Waals surface area contributed by atoms with Gasteiger partial charge in [-0.1, -0.05) is 54.6 Å². The van der Waals surface area contributed by atoms with Crippen molar-refractivity contribution in [3.8, 4) is 17.2 Å². The fourth-order valence-corrected chi connectivity index (χ4v) is 3.29. The first-order valence-electron chi connectivity index (χ1n) is 9.91. The van der Waals surface area contributed by atoms with Gasteiger partial charge in [-0.25, -0.2) is 0 Å². The highest BCUT2D eigenvalue weighted by molar-refractivity contribution is 6.07. The van der Waals surface area contributed by atoms with E-state index in [4.69, 9.17) is 14.2 Å². The Hall–Kier alpha value is -3.73. The normalized spacial score (nSPS) is 12.2. The molecular formula is C25H23NO4. The van der Waals surface area contributed by atoms with Crippen molar-refractivity contribution >= 4 is 17.7 Å². The van der Waals surface area contributed by atoms with Crippen LogP contribution in [0.25, 0.3) is 6.08 Å². The van der Waals surface area contributed by atoms with Crippen molar-refractivity contribution in [2.45, 2.75) is 6.92 Å². The molecule has 1 heterocycles. The van der Waals surface area contributed by atoms with Crippen LogP contribution >= 0.6 is 0 Å². The van der Waals surface area contributed by atoms with Gasteiger partial charge in [0.15, 0.2) is 11.5 Å². The molecule has 1 amide bonds. The fourth-order valence-electron chi connectivity index (χ4n) is 3.29. The van der Waals surface area contributed by atoms with Gasteiger partial charge in [0.25, 0.3) is 5.91 Å². The highest BCUT2D eigenvalue weighted by Gasteiger charge is 2.23. The molecule has 1 aliphatic heterocycles. The van der Waals surface area contributed by atoms with E-state index in [0.29, 0.717) is 36.0 Å². The number of benzene rings is 3. The first kappa shape index (κ1) is 19.6. The lowest BCUT2D eigenvalue weighted by Crippen LogP contribution is -2.31. The summed E-state index contributed by atoms with van der Waals surface area (Å²) in [5.41, 5.74) is 2.32. The molecule has 0 unspecified atom stereocenters. The molecule has 0 spiro atoms. The summed E-state index contributed by atoms with van der Waals surface area (Å²) >= 11 is 0. The fraction of sp³-hybridized carbons (Fsp3) is 0.160. The van der Waals surface area contributed by atoms with Crippen LogP contribution in [0, 0.1) is 0 Å². The minimum atomic E-state index is -0.141. The number of carbonyl (C=O) groups is 1. The Bertz CT molecular complexity index is 1050. The molecule has 152 valence electrons. The van der Waals surface area contributed by atoms with Gasteiger partial charge in [0.2, 0.25) is 6.79 Å². The molecule has 5 nitrogen and oxygen atoms in total. The second-order valence-corrected chi connectivity index (χ2v) is 6.70. The molecule has 1 aliphatic rings. The van der Waals surface area contributed by atoms with Crippen LogP contribution < -0.4 is 19.1 Å². The number of rotatable bonds is 7. The average Bonchev–Trinajstić information content (AvgIpc) is 3.26. The predicted octanol–water partition coefficient (Wildman–Crippen LogP) is 5.17. The van der Waals surface area contributed by atoms with Gasteiger partial charge in [-0.05, 0) is 42.8 Å². The van der Waals surface area contributed by atoms with Gasteiger partial charge in [0.05, 0.1) is 12.3 Å². The molecule has 0 saturated heterocycles. The summed E-state index contributed by atoms with van der Waals surface area (Å²) in [6.45, 7) is 3.01. The first-order chi connectivity index (χ1) is 14.8. The summed E-state index contributed by atoms with van der Waals surface area (Å²) in [7, 11) is 0. The van der Waals surface area contributed by atoms with Crippen LogP contribution in [0.1, 0.15) is 22.8 Å². The highest BCUT2D eigenvalue weighted by Crippen LogP contribution is 2.34. The van der Waals surface area contributed by atoms with Crippen molar-refractivity contribution in [3.05, 3.63) is 90.0 Å². The van der Waals surface area contributed by atoms with E-state index in [9.17, 15) is 4.79 Å². The Balaban J connectivity index is 1.66. The van der Waals surface area contributed by atoms with E-state index in [0.717, 1.165) is 11.3 Å². The van der Waals surface area contributed by atoms with Crippen molar-refractivity contribution in [1.29, 1.82) is 0 Å². The maximum atomic E-state index is 13.5. The van der Waals surface area contributed by atoms with Crippen LogP contribution in [-0.2, 0) is 0 Å². The molecule has 0 saturated carbocycles. The molecule has 0 aromatic heterocycles. The Morgan fingerprint density at radius 2 is 1.77 bits per heavy atom. The lowest BCUT2D eigenvalue weighted by atomic mass is 10.1. The van der Waals surface area contributed by atoms with Crippen molar-refractivity contribution in [2.75, 3.05) is 24.8 Å². The lowest BCUT2D eigenvalue weighted by Gasteiger charge is -2.24. The second-order valence-electron chi connectivity index (χ2n) is 6.70. The molecule has 3 aromatic rings. The van der Waals surface area contributed by atoms with E-state index in [1.807, 2.05) is 73.7 Å². The smallest absolute Gasteiger partial charge is 0.258 e. The number of hydrogen-bond acceptors (Lipinski definition) is 4. The van der Waals surface area contributed by atoms with Gasteiger partial charge < -0.3 is 19.1 Å². The third-order valence-electron chi connectivity index (χ3n) is 4.72. The molecule has 5 heteroatoms. The maximum Gasteiger partial charge on any atom is 0.258 e. The third kappa shape index (κ3) is 4.30. The Morgan fingerprint density at radius 3 is 2.60 bits per heavy atom. The first-order valence-corrected chi connectivity index (χ1v) is 9.91. The maximum absolute atomic E-state index is 13.5. The van der Waals surface area contributed by atoms with Crippen LogP contribution in [0.5, 0.6) is 17.2 Å². The topological polar surface area (TPSA) is 48.0 Å². The van der Waals surface area contributed by atoms with E-state index in [2.05, 4.69) is 0 Å². The van der Waals surface area contributed by atoms with Crippen LogP contribution in [0.4, 0.5) is 5.69 Å². The van der Waals surface area contributed by atoms with Gasteiger partial charge in [0, 0.05) is 12.1 Å². The second kappa shape index (κ2) is 9.18. The van der Waals surface area contributed by atoms with Crippen molar-refractivity contribution in [1.82, 2.24) is 0 Å². The summed E-state index contributed by atoms with van der Waals surface area (Å²) in [5, 5.41) is 0. The monoisotopic (exact) mass is 401 g/mol. The molecule has 3 aromatic carbocycles. The largest absolute Gasteiger partial charge is 0.492 e. The SMILES string of the molecule is CCOc1ccccc1N(C/C=C/c1ccccc1)C(=O)c1ccc2c(c1)OCO2. The molecule has 0 fully saturated rings. The average molecular weight is 401 g/mol. The lowest BCUT2D eigenvalue weighted by molar-refractivity contribution is 0.0988. The van der Waals surface area contributed by atoms with Crippen LogP contribution in [0.15, 0.2) is 78.9 Å². The Kier molecular flexibility index (Phi) is 5.99. The minimum absolute atomic E-state index is 0.141. The summed E-state index contributed by atoms with van der Waals surface area (Å²) in [5.74, 6) is 1.76. The summed E-state index contributed by atoms with van der Waals surface area (Å²) in [4.78, 5) is 15.2.